The largest absolute Gasteiger partial charge is 0.252 e. The van der Waals surface area contributed by atoms with Crippen LogP contribution in [0.25, 0.3) is 10.7 Å². The van der Waals surface area contributed by atoms with Crippen LogP contribution in [0.2, 0.25) is 0 Å². The normalized spacial score (nSPS) is 10.4. The van der Waals surface area contributed by atoms with E-state index in [9.17, 15) is 0 Å². The van der Waals surface area contributed by atoms with Gasteiger partial charge in [-0.25, -0.2) is 0 Å². The second-order valence-corrected chi connectivity index (χ2v) is 4.74. The molecule has 0 fully saturated rings. The van der Waals surface area contributed by atoms with Crippen LogP contribution in [0.15, 0.2) is 22.8 Å². The van der Waals surface area contributed by atoms with Gasteiger partial charge in [-0.05, 0) is 28.1 Å². The number of rotatable bonds is 2. The molecule has 6 heteroatoms. The van der Waals surface area contributed by atoms with E-state index in [0.29, 0.717) is 5.88 Å². The average Bonchev–Trinajstić information content (AvgIpc) is 2.67. The molecule has 0 spiro atoms. The van der Waals surface area contributed by atoms with E-state index < -0.39 is 0 Å². The summed E-state index contributed by atoms with van der Waals surface area (Å²) >= 11 is 10.4. The number of nitrogens with zero attached hydrogens (tertiary/aromatic N) is 3. The highest BCUT2D eigenvalue weighted by Gasteiger charge is 2.06. The third-order valence-corrected chi connectivity index (χ3v) is 3.35. The van der Waals surface area contributed by atoms with Gasteiger partial charge in [0.15, 0.2) is 5.01 Å². The topological polar surface area (TPSA) is 38.7 Å². The van der Waals surface area contributed by atoms with Gasteiger partial charge in [-0.1, -0.05) is 11.3 Å². The Morgan fingerprint density at radius 2 is 2.21 bits per heavy atom. The highest BCUT2D eigenvalue weighted by atomic mass is 79.9. The zero-order valence-corrected chi connectivity index (χ0v) is 10.1. The molecule has 3 nitrogen and oxygen atoms in total. The molecule has 0 saturated heterocycles. The van der Waals surface area contributed by atoms with Crippen molar-refractivity contribution in [3.8, 4) is 10.7 Å². The number of alkyl halides is 1. The van der Waals surface area contributed by atoms with Crippen LogP contribution in [-0.2, 0) is 5.88 Å². The van der Waals surface area contributed by atoms with E-state index >= 15 is 0 Å². The first-order chi connectivity index (χ1) is 6.79. The maximum absolute atomic E-state index is 5.63. The summed E-state index contributed by atoms with van der Waals surface area (Å²) in [6.45, 7) is 0. The van der Waals surface area contributed by atoms with Gasteiger partial charge in [0.05, 0.1) is 5.88 Å². The SMILES string of the molecule is ClCc1nnc(-c2ccc(Br)cn2)s1. The van der Waals surface area contributed by atoms with Crippen LogP contribution in [-0.4, -0.2) is 15.2 Å². The zero-order valence-electron chi connectivity index (χ0n) is 6.94. The fourth-order valence-electron chi connectivity index (χ4n) is 0.913. The van der Waals surface area contributed by atoms with E-state index in [1.165, 1.54) is 11.3 Å². The number of pyridine rings is 1. The first kappa shape index (κ1) is 10.0. The van der Waals surface area contributed by atoms with Gasteiger partial charge in [0.2, 0.25) is 0 Å². The summed E-state index contributed by atoms with van der Waals surface area (Å²) in [5.74, 6) is 0.397. The summed E-state index contributed by atoms with van der Waals surface area (Å²) < 4.78 is 0.948. The lowest BCUT2D eigenvalue weighted by Gasteiger charge is -1.93. The van der Waals surface area contributed by atoms with Crippen molar-refractivity contribution in [1.82, 2.24) is 15.2 Å². The lowest BCUT2D eigenvalue weighted by Crippen LogP contribution is -1.81. The molecule has 0 amide bonds. The Hall–Kier alpha value is -0.520. The fourth-order valence-corrected chi connectivity index (χ4v) is 2.03. The molecular formula is C8H5BrClN3S. The minimum Gasteiger partial charge on any atom is -0.252 e. The van der Waals surface area contributed by atoms with Crippen LogP contribution in [0.5, 0.6) is 0 Å². The first-order valence-electron chi connectivity index (χ1n) is 3.80. The molecule has 0 saturated carbocycles. The van der Waals surface area contributed by atoms with Crippen molar-refractivity contribution in [2.24, 2.45) is 0 Å². The predicted molar refractivity (Wildman–Crippen MR) is 60.4 cm³/mol. The maximum Gasteiger partial charge on any atom is 0.166 e. The van der Waals surface area contributed by atoms with Crippen molar-refractivity contribution in [3.63, 3.8) is 0 Å². The standard InChI is InChI=1S/C8H5BrClN3S/c9-5-1-2-6(11-4-5)8-13-12-7(3-10)14-8/h1-2,4H,3H2. The predicted octanol–water partition coefficient (Wildman–Crippen LogP) is 3.10. The van der Waals surface area contributed by atoms with Crippen molar-refractivity contribution in [2.45, 2.75) is 5.88 Å². The second-order valence-electron chi connectivity index (χ2n) is 2.50. The van der Waals surface area contributed by atoms with Crippen molar-refractivity contribution in [1.29, 1.82) is 0 Å². The van der Waals surface area contributed by atoms with Crippen molar-refractivity contribution in [3.05, 3.63) is 27.8 Å². The first-order valence-corrected chi connectivity index (χ1v) is 5.94. The van der Waals surface area contributed by atoms with E-state index in [2.05, 4.69) is 31.1 Å². The van der Waals surface area contributed by atoms with Gasteiger partial charge in [-0.3, -0.25) is 4.98 Å². The Morgan fingerprint density at radius 3 is 2.79 bits per heavy atom. The van der Waals surface area contributed by atoms with Gasteiger partial charge >= 0.3 is 0 Å². The molecule has 14 heavy (non-hydrogen) atoms. The minimum absolute atomic E-state index is 0.397. The quantitative estimate of drug-likeness (QED) is 0.798. The lowest BCUT2D eigenvalue weighted by atomic mass is 10.4. The van der Waals surface area contributed by atoms with E-state index in [1.54, 1.807) is 6.20 Å². The summed E-state index contributed by atoms with van der Waals surface area (Å²) in [7, 11) is 0. The number of halogens is 2. The van der Waals surface area contributed by atoms with Gasteiger partial charge in [0.1, 0.15) is 10.7 Å². The third-order valence-electron chi connectivity index (χ3n) is 1.53. The molecular weight excluding hydrogens is 286 g/mol. The molecule has 0 aliphatic carbocycles. The Morgan fingerprint density at radius 1 is 1.36 bits per heavy atom. The number of hydrogen-bond donors (Lipinski definition) is 0. The summed E-state index contributed by atoms with van der Waals surface area (Å²) in [5.41, 5.74) is 0.821. The van der Waals surface area contributed by atoms with Gasteiger partial charge in [-0.2, -0.15) is 0 Å². The number of aromatic nitrogens is 3. The van der Waals surface area contributed by atoms with Crippen LogP contribution in [0.4, 0.5) is 0 Å². The van der Waals surface area contributed by atoms with Gasteiger partial charge < -0.3 is 0 Å². The van der Waals surface area contributed by atoms with E-state index in [1.807, 2.05) is 12.1 Å². The fraction of sp³-hybridized carbons (Fsp3) is 0.125. The molecule has 0 atom stereocenters. The van der Waals surface area contributed by atoms with Crippen LogP contribution >= 0.6 is 38.9 Å². The van der Waals surface area contributed by atoms with Crippen molar-refractivity contribution < 1.29 is 0 Å². The van der Waals surface area contributed by atoms with Crippen LogP contribution in [0, 0.1) is 0 Å². The molecule has 0 aromatic carbocycles. The van der Waals surface area contributed by atoms with Crippen molar-refractivity contribution in [2.75, 3.05) is 0 Å². The van der Waals surface area contributed by atoms with Crippen LogP contribution in [0.3, 0.4) is 0 Å². The smallest absolute Gasteiger partial charge is 0.166 e. The molecule has 0 aliphatic rings. The molecule has 0 N–H and O–H groups in total. The third kappa shape index (κ3) is 2.10. The molecule has 2 rings (SSSR count). The lowest BCUT2D eigenvalue weighted by molar-refractivity contribution is 1.04. The average molecular weight is 291 g/mol. The second kappa shape index (κ2) is 4.33. The van der Waals surface area contributed by atoms with Gasteiger partial charge in [0, 0.05) is 10.7 Å². The summed E-state index contributed by atoms with van der Waals surface area (Å²) in [6, 6.07) is 3.81. The Labute approximate surface area is 98.3 Å². The molecule has 72 valence electrons. The van der Waals surface area contributed by atoms with Crippen LogP contribution < -0.4 is 0 Å². The molecule has 0 bridgehead atoms. The molecule has 0 unspecified atom stereocenters. The Kier molecular flexibility index (Phi) is 3.10. The summed E-state index contributed by atoms with van der Waals surface area (Å²) in [5, 5.41) is 9.52. The van der Waals surface area contributed by atoms with E-state index in [0.717, 1.165) is 20.2 Å². The maximum atomic E-state index is 5.63. The number of hydrogen-bond acceptors (Lipinski definition) is 4. The van der Waals surface area contributed by atoms with Crippen molar-refractivity contribution >= 4 is 38.9 Å². The van der Waals surface area contributed by atoms with E-state index in [4.69, 9.17) is 11.6 Å². The molecule has 2 aromatic rings. The Bertz CT molecular complexity index is 428. The highest BCUT2D eigenvalue weighted by Crippen LogP contribution is 2.23. The monoisotopic (exact) mass is 289 g/mol. The summed E-state index contributed by atoms with van der Waals surface area (Å²) in [6.07, 6.45) is 1.73. The molecule has 2 aromatic heterocycles. The van der Waals surface area contributed by atoms with E-state index in [-0.39, 0.29) is 0 Å². The highest BCUT2D eigenvalue weighted by molar-refractivity contribution is 9.10. The molecule has 0 radical (unpaired) electrons. The molecule has 2 heterocycles. The minimum atomic E-state index is 0.397. The Balaban J connectivity index is 2.34. The van der Waals surface area contributed by atoms with Gasteiger partial charge in [-0.15, -0.1) is 21.8 Å². The molecule has 0 aliphatic heterocycles. The zero-order chi connectivity index (χ0) is 9.97. The van der Waals surface area contributed by atoms with Crippen LogP contribution in [0.1, 0.15) is 5.01 Å². The summed E-state index contributed by atoms with van der Waals surface area (Å²) in [4.78, 5) is 4.21. The van der Waals surface area contributed by atoms with Gasteiger partial charge in [0.25, 0.3) is 0 Å².